The van der Waals surface area contributed by atoms with Gasteiger partial charge >= 0.3 is 5.97 Å². The molecule has 0 spiro atoms. The van der Waals surface area contributed by atoms with Crippen molar-refractivity contribution in [2.75, 3.05) is 18.5 Å². The quantitative estimate of drug-likeness (QED) is 0.772. The molecule has 1 aliphatic heterocycles. The van der Waals surface area contributed by atoms with Crippen molar-refractivity contribution >= 4 is 46.7 Å². The number of likely N-dealkylation sites (tertiary alicyclic amines) is 1. The van der Waals surface area contributed by atoms with Crippen LogP contribution in [0.5, 0.6) is 0 Å². The number of ether oxygens (including phenoxy) is 1. The number of halogens is 2. The minimum Gasteiger partial charge on any atom is -0.455 e. The largest absolute Gasteiger partial charge is 0.455 e. The van der Waals surface area contributed by atoms with E-state index in [1.165, 1.54) is 0 Å². The first-order valence-electron chi connectivity index (χ1n) is 8.64. The average molecular weight is 399 g/mol. The fraction of sp³-hybridized carbons (Fsp3) is 0.500. The van der Waals surface area contributed by atoms with Gasteiger partial charge in [0.2, 0.25) is 5.91 Å². The van der Waals surface area contributed by atoms with Gasteiger partial charge in [0.25, 0.3) is 5.91 Å². The first-order valence-corrected chi connectivity index (χ1v) is 9.40. The monoisotopic (exact) mass is 398 g/mol. The maximum Gasteiger partial charge on any atom is 0.311 e. The third-order valence-corrected chi connectivity index (χ3v) is 5.19. The Kier molecular flexibility index (Phi) is 6.04. The SMILES string of the molecule is O=C(COC(=O)[C@@H]1CC(=O)N(C2CCCC2)C1)Nc1cc(Cl)cc(Cl)c1. The summed E-state index contributed by atoms with van der Waals surface area (Å²) in [6, 6.07) is 4.88. The molecular weight excluding hydrogens is 379 g/mol. The molecule has 3 rings (SSSR count). The van der Waals surface area contributed by atoms with Gasteiger partial charge in [-0.15, -0.1) is 0 Å². The molecule has 2 aliphatic rings. The van der Waals surface area contributed by atoms with Gasteiger partial charge < -0.3 is 15.0 Å². The number of carbonyl (C=O) groups is 3. The van der Waals surface area contributed by atoms with E-state index in [1.54, 1.807) is 23.1 Å². The van der Waals surface area contributed by atoms with Crippen LogP contribution >= 0.6 is 23.2 Å². The van der Waals surface area contributed by atoms with Crippen molar-refractivity contribution in [3.05, 3.63) is 28.2 Å². The highest BCUT2D eigenvalue weighted by molar-refractivity contribution is 6.35. The van der Waals surface area contributed by atoms with E-state index >= 15 is 0 Å². The van der Waals surface area contributed by atoms with Crippen molar-refractivity contribution in [3.8, 4) is 0 Å². The van der Waals surface area contributed by atoms with Crippen LogP contribution in [-0.2, 0) is 19.1 Å². The second kappa shape index (κ2) is 8.27. The number of hydrogen-bond acceptors (Lipinski definition) is 4. The molecule has 0 aromatic heterocycles. The van der Waals surface area contributed by atoms with E-state index in [0.29, 0.717) is 22.3 Å². The van der Waals surface area contributed by atoms with Gasteiger partial charge in [0, 0.05) is 34.7 Å². The molecule has 1 saturated heterocycles. The van der Waals surface area contributed by atoms with Crippen molar-refractivity contribution < 1.29 is 19.1 Å². The Bertz CT molecular complexity index is 699. The van der Waals surface area contributed by atoms with E-state index < -0.39 is 24.4 Å². The van der Waals surface area contributed by atoms with Gasteiger partial charge in [0.1, 0.15) is 0 Å². The molecule has 1 saturated carbocycles. The van der Waals surface area contributed by atoms with E-state index in [2.05, 4.69) is 5.32 Å². The predicted molar refractivity (Wildman–Crippen MR) is 98.1 cm³/mol. The Morgan fingerprint density at radius 2 is 1.81 bits per heavy atom. The molecule has 2 amide bonds. The second-order valence-corrected chi connectivity index (χ2v) is 7.57. The molecule has 6 nitrogen and oxygen atoms in total. The summed E-state index contributed by atoms with van der Waals surface area (Å²) in [6.45, 7) is -0.0368. The van der Waals surface area contributed by atoms with Crippen LogP contribution in [0.25, 0.3) is 0 Å². The Labute approximate surface area is 161 Å². The van der Waals surface area contributed by atoms with Crippen LogP contribution in [0.15, 0.2) is 18.2 Å². The average Bonchev–Trinajstić information content (AvgIpc) is 3.20. The first-order chi connectivity index (χ1) is 12.4. The molecule has 26 heavy (non-hydrogen) atoms. The summed E-state index contributed by atoms with van der Waals surface area (Å²) < 4.78 is 5.08. The summed E-state index contributed by atoms with van der Waals surface area (Å²) in [4.78, 5) is 38.1. The number of esters is 1. The van der Waals surface area contributed by atoms with Gasteiger partial charge in [-0.2, -0.15) is 0 Å². The van der Waals surface area contributed by atoms with E-state index in [-0.39, 0.29) is 18.4 Å². The summed E-state index contributed by atoms with van der Waals surface area (Å²) in [6.07, 6.45) is 4.39. The van der Waals surface area contributed by atoms with Gasteiger partial charge in [-0.3, -0.25) is 14.4 Å². The molecule has 1 aliphatic carbocycles. The number of benzene rings is 1. The zero-order chi connectivity index (χ0) is 18.7. The molecule has 0 unspecified atom stereocenters. The van der Waals surface area contributed by atoms with Crippen molar-refractivity contribution in [1.29, 1.82) is 0 Å². The van der Waals surface area contributed by atoms with Crippen LogP contribution in [0.1, 0.15) is 32.1 Å². The number of nitrogens with one attached hydrogen (secondary N) is 1. The van der Waals surface area contributed by atoms with Gasteiger partial charge in [-0.1, -0.05) is 36.0 Å². The molecule has 1 heterocycles. The number of nitrogens with zero attached hydrogens (tertiary/aromatic N) is 1. The molecule has 1 atom stereocenters. The van der Waals surface area contributed by atoms with Gasteiger partial charge in [0.15, 0.2) is 6.61 Å². The van der Waals surface area contributed by atoms with E-state index in [9.17, 15) is 14.4 Å². The zero-order valence-corrected chi connectivity index (χ0v) is 15.7. The number of carbonyl (C=O) groups excluding carboxylic acids is 3. The molecule has 1 aromatic carbocycles. The lowest BCUT2D eigenvalue weighted by Gasteiger charge is -2.23. The Balaban J connectivity index is 1.47. The van der Waals surface area contributed by atoms with E-state index in [0.717, 1.165) is 25.7 Å². The summed E-state index contributed by atoms with van der Waals surface area (Å²) >= 11 is 11.7. The second-order valence-electron chi connectivity index (χ2n) is 6.70. The predicted octanol–water partition coefficient (Wildman–Crippen LogP) is 3.27. The van der Waals surface area contributed by atoms with Crippen LogP contribution in [0.3, 0.4) is 0 Å². The lowest BCUT2D eigenvalue weighted by molar-refractivity contribution is -0.151. The maximum atomic E-state index is 12.2. The van der Waals surface area contributed by atoms with Crippen LogP contribution < -0.4 is 5.32 Å². The highest BCUT2D eigenvalue weighted by atomic mass is 35.5. The highest BCUT2D eigenvalue weighted by Crippen LogP contribution is 2.30. The molecule has 0 radical (unpaired) electrons. The molecule has 140 valence electrons. The fourth-order valence-electron chi connectivity index (χ4n) is 3.54. The highest BCUT2D eigenvalue weighted by Gasteiger charge is 2.39. The van der Waals surface area contributed by atoms with Crippen LogP contribution in [-0.4, -0.2) is 41.9 Å². The molecule has 0 bridgehead atoms. The van der Waals surface area contributed by atoms with E-state index in [1.807, 2.05) is 0 Å². The zero-order valence-electron chi connectivity index (χ0n) is 14.2. The van der Waals surface area contributed by atoms with Crippen LogP contribution in [0, 0.1) is 5.92 Å². The van der Waals surface area contributed by atoms with Crippen molar-refractivity contribution in [1.82, 2.24) is 4.90 Å². The Hall–Kier alpha value is -1.79. The Morgan fingerprint density at radius 1 is 1.15 bits per heavy atom. The molecule has 8 heteroatoms. The minimum absolute atomic E-state index is 0.00290. The molecule has 1 N–H and O–H groups in total. The Morgan fingerprint density at radius 3 is 2.46 bits per heavy atom. The number of rotatable bonds is 5. The van der Waals surface area contributed by atoms with Crippen LogP contribution in [0.4, 0.5) is 5.69 Å². The van der Waals surface area contributed by atoms with Crippen LogP contribution in [0.2, 0.25) is 10.0 Å². The third-order valence-electron chi connectivity index (χ3n) is 4.75. The van der Waals surface area contributed by atoms with Crippen molar-refractivity contribution in [3.63, 3.8) is 0 Å². The topological polar surface area (TPSA) is 75.7 Å². The van der Waals surface area contributed by atoms with E-state index in [4.69, 9.17) is 27.9 Å². The summed E-state index contributed by atoms with van der Waals surface area (Å²) in [5, 5.41) is 3.35. The summed E-state index contributed by atoms with van der Waals surface area (Å²) in [7, 11) is 0. The first kappa shape index (κ1) is 19.0. The van der Waals surface area contributed by atoms with Crippen molar-refractivity contribution in [2.24, 2.45) is 5.92 Å². The van der Waals surface area contributed by atoms with Gasteiger partial charge in [-0.25, -0.2) is 0 Å². The van der Waals surface area contributed by atoms with Gasteiger partial charge in [0.05, 0.1) is 5.92 Å². The number of hydrogen-bond donors (Lipinski definition) is 1. The number of amides is 2. The fourth-order valence-corrected chi connectivity index (χ4v) is 4.06. The minimum atomic E-state index is -0.516. The molecule has 1 aromatic rings. The third kappa shape index (κ3) is 4.68. The van der Waals surface area contributed by atoms with Crippen molar-refractivity contribution in [2.45, 2.75) is 38.1 Å². The lowest BCUT2D eigenvalue weighted by Crippen LogP contribution is -2.35. The molecule has 2 fully saturated rings. The maximum absolute atomic E-state index is 12.2. The summed E-state index contributed by atoms with van der Waals surface area (Å²) in [5.41, 5.74) is 0.423. The summed E-state index contributed by atoms with van der Waals surface area (Å²) in [5.74, 6) is -1.51. The molecular formula is C18H20Cl2N2O4. The lowest BCUT2D eigenvalue weighted by atomic mass is 10.1. The smallest absolute Gasteiger partial charge is 0.311 e. The normalized spacial score (nSPS) is 20.5. The number of anilines is 1. The van der Waals surface area contributed by atoms with Gasteiger partial charge in [-0.05, 0) is 31.0 Å². The standard InChI is InChI=1S/C18H20Cl2N2O4/c19-12-6-13(20)8-14(7-12)21-16(23)10-26-18(25)11-5-17(24)22(9-11)15-3-1-2-4-15/h6-8,11,15H,1-5,9-10H2,(H,21,23)/t11-/m1/s1.